The lowest BCUT2D eigenvalue weighted by atomic mass is 10.0. The highest BCUT2D eigenvalue weighted by Crippen LogP contribution is 2.22. The van der Waals surface area contributed by atoms with Gasteiger partial charge >= 0.3 is 0 Å². The van der Waals surface area contributed by atoms with Gasteiger partial charge in [-0.25, -0.2) is 0 Å². The van der Waals surface area contributed by atoms with Crippen LogP contribution in [0.3, 0.4) is 0 Å². The summed E-state index contributed by atoms with van der Waals surface area (Å²) >= 11 is 1.61. The molecular weight excluding hydrogens is 324 g/mol. The first-order chi connectivity index (χ1) is 11.6. The predicted octanol–water partition coefficient (Wildman–Crippen LogP) is 2.80. The maximum absolute atomic E-state index is 11.3. The molecule has 0 fully saturated rings. The zero-order valence-electron chi connectivity index (χ0n) is 13.0. The molecule has 0 radical (unpaired) electrons. The lowest BCUT2D eigenvalue weighted by Gasteiger charge is -2.03. The largest absolute Gasteiger partial charge is 0.381 e. The summed E-state index contributed by atoms with van der Waals surface area (Å²) in [6, 6.07) is 7.63. The van der Waals surface area contributed by atoms with Crippen molar-refractivity contribution in [1.29, 1.82) is 0 Å². The molecule has 0 saturated carbocycles. The monoisotopic (exact) mass is 340 g/mol. The Bertz CT molecular complexity index is 838. The highest BCUT2D eigenvalue weighted by molar-refractivity contribution is 7.08. The molecule has 0 aliphatic carbocycles. The van der Waals surface area contributed by atoms with Gasteiger partial charge in [-0.3, -0.25) is 4.79 Å². The number of hydrogen-bond donors (Lipinski definition) is 2. The molecule has 0 aliphatic rings. The second-order valence-electron chi connectivity index (χ2n) is 5.36. The van der Waals surface area contributed by atoms with Crippen LogP contribution in [-0.4, -0.2) is 31.5 Å². The van der Waals surface area contributed by atoms with Gasteiger partial charge in [-0.15, -0.1) is 10.2 Å². The molecule has 2 heterocycles. The summed E-state index contributed by atoms with van der Waals surface area (Å²) in [6.45, 7) is 1.56. The number of hydrogen-bond acceptors (Lipinski definition) is 6. The summed E-state index contributed by atoms with van der Waals surface area (Å²) in [6.07, 6.45) is 3.36. The third-order valence-corrected chi connectivity index (χ3v) is 4.43. The molecule has 0 spiro atoms. The van der Waals surface area contributed by atoms with Gasteiger partial charge in [0.1, 0.15) is 6.10 Å². The first kappa shape index (κ1) is 16.2. The Morgan fingerprint density at radius 3 is 2.79 bits per heavy atom. The van der Waals surface area contributed by atoms with Crippen LogP contribution in [0.25, 0.3) is 6.08 Å². The van der Waals surface area contributed by atoms with E-state index in [9.17, 15) is 9.90 Å². The number of nitrogens with one attached hydrogen (secondary N) is 1. The molecule has 0 aliphatic heterocycles. The number of nitrogens with zero attached hydrogens (tertiary/aromatic N) is 3. The molecule has 7 heteroatoms. The van der Waals surface area contributed by atoms with Gasteiger partial charge in [-0.2, -0.15) is 16.6 Å². The molecule has 122 valence electrons. The van der Waals surface area contributed by atoms with Crippen molar-refractivity contribution in [3.8, 4) is 0 Å². The van der Waals surface area contributed by atoms with Crippen LogP contribution in [0.5, 0.6) is 0 Å². The van der Waals surface area contributed by atoms with Gasteiger partial charge in [0.15, 0.2) is 5.78 Å². The van der Waals surface area contributed by atoms with Crippen LogP contribution in [0.15, 0.2) is 41.1 Å². The SMILES string of the molecule is CC(=O)c1ccc(Cc2cscc2C=CC(O)c2nn[nH]n2)cc1. The first-order valence-electron chi connectivity index (χ1n) is 7.38. The number of carbonyl (C=O) groups is 1. The number of aliphatic hydroxyl groups is 1. The molecule has 0 amide bonds. The van der Waals surface area contributed by atoms with Gasteiger partial charge in [-0.05, 0) is 46.9 Å². The zero-order chi connectivity index (χ0) is 16.9. The second-order valence-corrected chi connectivity index (χ2v) is 6.10. The molecule has 1 aromatic carbocycles. The number of H-pyrrole nitrogens is 1. The Balaban J connectivity index is 1.72. The number of Topliss-reactive ketones (excluding diaryl/α,β-unsaturated/α-hetero) is 1. The summed E-state index contributed by atoms with van der Waals surface area (Å²) in [5.41, 5.74) is 4.05. The molecule has 1 atom stereocenters. The highest BCUT2D eigenvalue weighted by atomic mass is 32.1. The topological polar surface area (TPSA) is 91.8 Å². The third-order valence-electron chi connectivity index (χ3n) is 3.62. The molecule has 0 saturated heterocycles. The molecule has 24 heavy (non-hydrogen) atoms. The molecule has 2 N–H and O–H groups in total. The van der Waals surface area contributed by atoms with E-state index in [1.165, 1.54) is 0 Å². The van der Waals surface area contributed by atoms with Crippen molar-refractivity contribution in [2.45, 2.75) is 19.4 Å². The summed E-state index contributed by atoms with van der Waals surface area (Å²) in [4.78, 5) is 11.3. The third kappa shape index (κ3) is 3.81. The number of tetrazole rings is 1. The molecule has 3 aromatic rings. The number of aliphatic hydroxyl groups excluding tert-OH is 1. The highest BCUT2D eigenvalue weighted by Gasteiger charge is 2.09. The summed E-state index contributed by atoms with van der Waals surface area (Å²) in [5.74, 6) is 0.305. The fraction of sp³-hybridized carbons (Fsp3) is 0.176. The summed E-state index contributed by atoms with van der Waals surface area (Å²) in [5, 5.41) is 27.3. The van der Waals surface area contributed by atoms with Gasteiger partial charge in [-0.1, -0.05) is 35.6 Å². The number of rotatable bonds is 6. The first-order valence-corrected chi connectivity index (χ1v) is 8.32. The van der Waals surface area contributed by atoms with Crippen LogP contribution < -0.4 is 0 Å². The van der Waals surface area contributed by atoms with E-state index >= 15 is 0 Å². The van der Waals surface area contributed by atoms with Crippen molar-refractivity contribution >= 4 is 23.2 Å². The molecule has 0 bridgehead atoms. The number of benzene rings is 1. The maximum atomic E-state index is 11.3. The minimum atomic E-state index is -0.897. The Morgan fingerprint density at radius 1 is 1.33 bits per heavy atom. The van der Waals surface area contributed by atoms with E-state index in [-0.39, 0.29) is 11.6 Å². The lowest BCUT2D eigenvalue weighted by molar-refractivity contribution is 0.101. The average molecular weight is 340 g/mol. The van der Waals surface area contributed by atoms with Crippen molar-refractivity contribution in [3.63, 3.8) is 0 Å². The zero-order valence-corrected chi connectivity index (χ0v) is 13.8. The van der Waals surface area contributed by atoms with Gasteiger partial charge in [0, 0.05) is 5.56 Å². The van der Waals surface area contributed by atoms with E-state index in [0.29, 0.717) is 5.56 Å². The van der Waals surface area contributed by atoms with E-state index in [4.69, 9.17) is 0 Å². The smallest absolute Gasteiger partial charge is 0.206 e. The van der Waals surface area contributed by atoms with Crippen LogP contribution in [0.2, 0.25) is 0 Å². The number of aromatic nitrogens is 4. The average Bonchev–Trinajstić information content (AvgIpc) is 3.25. The number of thiophene rings is 1. The molecule has 2 aromatic heterocycles. The van der Waals surface area contributed by atoms with Gasteiger partial charge in [0.05, 0.1) is 0 Å². The quantitative estimate of drug-likeness (QED) is 0.673. The van der Waals surface area contributed by atoms with Gasteiger partial charge in [0.25, 0.3) is 0 Å². The van der Waals surface area contributed by atoms with Crippen molar-refractivity contribution in [2.24, 2.45) is 0 Å². The predicted molar refractivity (Wildman–Crippen MR) is 91.7 cm³/mol. The van der Waals surface area contributed by atoms with Crippen LogP contribution in [0.4, 0.5) is 0 Å². The Kier molecular flexibility index (Phi) is 4.93. The van der Waals surface area contributed by atoms with E-state index in [1.54, 1.807) is 24.3 Å². The van der Waals surface area contributed by atoms with Crippen LogP contribution in [0, 0.1) is 0 Å². The van der Waals surface area contributed by atoms with Crippen molar-refractivity contribution in [1.82, 2.24) is 20.6 Å². The van der Waals surface area contributed by atoms with E-state index in [1.807, 2.05) is 35.7 Å². The fourth-order valence-corrected chi connectivity index (χ4v) is 3.10. The number of aromatic amines is 1. The molecule has 6 nitrogen and oxygen atoms in total. The standard InChI is InChI=1S/C17H16N4O2S/c1-11(22)13-4-2-12(3-5-13)8-15-10-24-9-14(15)6-7-16(23)17-18-20-21-19-17/h2-7,9-10,16,23H,8H2,1H3,(H,18,19,20,21). The Hall–Kier alpha value is -2.64. The maximum Gasteiger partial charge on any atom is 0.206 e. The minimum Gasteiger partial charge on any atom is -0.381 e. The van der Waals surface area contributed by atoms with Crippen molar-refractivity contribution in [3.05, 3.63) is 69.2 Å². The number of carbonyl (C=O) groups excluding carboxylic acids is 1. The second kappa shape index (κ2) is 7.29. The van der Waals surface area contributed by atoms with Crippen molar-refractivity contribution in [2.75, 3.05) is 0 Å². The molecular formula is C17H16N4O2S. The van der Waals surface area contributed by atoms with E-state index in [2.05, 4.69) is 26.0 Å². The van der Waals surface area contributed by atoms with Crippen molar-refractivity contribution < 1.29 is 9.90 Å². The fourth-order valence-electron chi connectivity index (χ4n) is 2.28. The van der Waals surface area contributed by atoms with Crippen LogP contribution >= 0.6 is 11.3 Å². The lowest BCUT2D eigenvalue weighted by Crippen LogP contribution is -1.96. The Labute approximate surface area is 142 Å². The summed E-state index contributed by atoms with van der Waals surface area (Å²) < 4.78 is 0. The van der Waals surface area contributed by atoms with E-state index in [0.717, 1.165) is 23.1 Å². The van der Waals surface area contributed by atoms with Crippen LogP contribution in [-0.2, 0) is 6.42 Å². The number of ketones is 1. The minimum absolute atomic E-state index is 0.0659. The van der Waals surface area contributed by atoms with Crippen LogP contribution in [0.1, 0.15) is 45.9 Å². The normalized spacial score (nSPS) is 12.6. The summed E-state index contributed by atoms with van der Waals surface area (Å²) in [7, 11) is 0. The van der Waals surface area contributed by atoms with Gasteiger partial charge < -0.3 is 5.11 Å². The Morgan fingerprint density at radius 2 is 2.12 bits per heavy atom. The van der Waals surface area contributed by atoms with E-state index < -0.39 is 6.10 Å². The van der Waals surface area contributed by atoms with Gasteiger partial charge in [0.2, 0.25) is 5.82 Å². The molecule has 3 rings (SSSR count). The molecule has 1 unspecified atom stereocenters.